The molecule has 1 aliphatic carbocycles. The minimum atomic E-state index is 0.0485. The summed E-state index contributed by atoms with van der Waals surface area (Å²) in [5, 5.41) is 11.9. The number of hydrogen-bond donors (Lipinski definition) is 1. The lowest BCUT2D eigenvalue weighted by Crippen LogP contribution is -2.36. The molecule has 0 atom stereocenters. The van der Waals surface area contributed by atoms with Crippen molar-refractivity contribution in [1.82, 2.24) is 9.88 Å². The van der Waals surface area contributed by atoms with Crippen molar-refractivity contribution in [3.63, 3.8) is 0 Å². The molecule has 1 heterocycles. The number of nitrogens with one attached hydrogen (secondary N) is 1. The standard InChI is InChI=1S/C16H20N4OS/c1-11(21)17-12-7-9-13(10-8-12)18-19-16-20(2)14-5-3-4-6-15(14)22-16/h3-6,12H,7-10H2,1-2H3,(H,17,21)/b18-13?,19-16+. The van der Waals surface area contributed by atoms with Gasteiger partial charge in [0.15, 0.2) is 0 Å². The maximum atomic E-state index is 11.1. The average Bonchev–Trinajstić information content (AvgIpc) is 2.83. The van der Waals surface area contributed by atoms with Crippen LogP contribution < -0.4 is 10.1 Å². The highest BCUT2D eigenvalue weighted by atomic mass is 32.1. The summed E-state index contributed by atoms with van der Waals surface area (Å²) in [4.78, 5) is 12.0. The number of carbonyl (C=O) groups is 1. The zero-order chi connectivity index (χ0) is 15.5. The summed E-state index contributed by atoms with van der Waals surface area (Å²) in [5.74, 6) is 0.0485. The Kier molecular flexibility index (Phi) is 4.38. The first-order valence-electron chi connectivity index (χ1n) is 7.54. The van der Waals surface area contributed by atoms with Crippen LogP contribution in [0.5, 0.6) is 0 Å². The Morgan fingerprint density at radius 3 is 2.68 bits per heavy atom. The van der Waals surface area contributed by atoms with Gasteiger partial charge in [-0.2, -0.15) is 5.10 Å². The number of aromatic nitrogens is 1. The summed E-state index contributed by atoms with van der Waals surface area (Å²) in [6.45, 7) is 1.57. The quantitative estimate of drug-likeness (QED) is 0.851. The third kappa shape index (κ3) is 3.27. The van der Waals surface area contributed by atoms with E-state index in [1.165, 1.54) is 10.2 Å². The van der Waals surface area contributed by atoms with E-state index < -0.39 is 0 Å². The number of amides is 1. The summed E-state index contributed by atoms with van der Waals surface area (Å²) in [6.07, 6.45) is 3.71. The van der Waals surface area contributed by atoms with E-state index in [1.54, 1.807) is 18.3 Å². The second-order valence-electron chi connectivity index (χ2n) is 5.65. The van der Waals surface area contributed by atoms with E-state index in [0.29, 0.717) is 0 Å². The smallest absolute Gasteiger partial charge is 0.217 e. The normalized spacial score (nSPS) is 19.5. The van der Waals surface area contributed by atoms with Gasteiger partial charge in [-0.05, 0) is 37.8 Å². The van der Waals surface area contributed by atoms with Gasteiger partial charge in [0.25, 0.3) is 0 Å². The molecular formula is C16H20N4OS. The molecule has 6 heteroatoms. The highest BCUT2D eigenvalue weighted by Gasteiger charge is 2.18. The van der Waals surface area contributed by atoms with Crippen LogP contribution >= 0.6 is 11.3 Å². The fourth-order valence-electron chi connectivity index (χ4n) is 2.77. The van der Waals surface area contributed by atoms with Gasteiger partial charge in [-0.3, -0.25) is 4.79 Å². The van der Waals surface area contributed by atoms with Crippen molar-refractivity contribution in [1.29, 1.82) is 0 Å². The van der Waals surface area contributed by atoms with Crippen molar-refractivity contribution >= 4 is 33.2 Å². The number of para-hydroxylation sites is 1. The zero-order valence-electron chi connectivity index (χ0n) is 12.9. The Labute approximate surface area is 133 Å². The Hall–Kier alpha value is -1.95. The molecule has 1 aliphatic rings. The molecule has 0 unspecified atom stereocenters. The van der Waals surface area contributed by atoms with E-state index in [1.807, 2.05) is 19.2 Å². The highest BCUT2D eigenvalue weighted by Crippen LogP contribution is 2.17. The molecule has 0 bridgehead atoms. The van der Waals surface area contributed by atoms with Gasteiger partial charge in [0.05, 0.1) is 10.2 Å². The molecule has 0 radical (unpaired) electrons. The van der Waals surface area contributed by atoms with Crippen LogP contribution in [0, 0.1) is 0 Å². The Bertz CT molecular complexity index is 777. The van der Waals surface area contributed by atoms with Crippen molar-refractivity contribution < 1.29 is 4.79 Å². The highest BCUT2D eigenvalue weighted by molar-refractivity contribution is 7.16. The van der Waals surface area contributed by atoms with Gasteiger partial charge in [0, 0.05) is 25.7 Å². The van der Waals surface area contributed by atoms with Crippen LogP contribution in [0.15, 0.2) is 34.5 Å². The Morgan fingerprint density at radius 1 is 1.27 bits per heavy atom. The molecule has 1 saturated carbocycles. The molecule has 116 valence electrons. The minimum Gasteiger partial charge on any atom is -0.354 e. The van der Waals surface area contributed by atoms with Crippen molar-refractivity contribution in [2.75, 3.05) is 0 Å². The summed E-state index contributed by atoms with van der Waals surface area (Å²) in [6, 6.07) is 8.56. The third-order valence-electron chi connectivity index (χ3n) is 3.96. The van der Waals surface area contributed by atoms with Gasteiger partial charge in [0.1, 0.15) is 0 Å². The fourth-order valence-corrected chi connectivity index (χ4v) is 3.74. The maximum Gasteiger partial charge on any atom is 0.217 e. The lowest BCUT2D eigenvalue weighted by atomic mass is 9.94. The van der Waals surface area contributed by atoms with Crippen LogP contribution in [0.2, 0.25) is 0 Å². The number of benzene rings is 1. The topological polar surface area (TPSA) is 58.8 Å². The minimum absolute atomic E-state index is 0.0485. The number of nitrogens with zero attached hydrogens (tertiary/aromatic N) is 3. The van der Waals surface area contributed by atoms with Gasteiger partial charge in [-0.1, -0.05) is 23.5 Å². The van der Waals surface area contributed by atoms with Crippen molar-refractivity contribution in [3.05, 3.63) is 29.1 Å². The molecule has 0 aliphatic heterocycles. The molecule has 1 amide bonds. The lowest BCUT2D eigenvalue weighted by molar-refractivity contribution is -0.119. The third-order valence-corrected chi connectivity index (χ3v) is 5.07. The van der Waals surface area contributed by atoms with Gasteiger partial charge in [-0.25, -0.2) is 0 Å². The number of rotatable bonds is 2. The van der Waals surface area contributed by atoms with Gasteiger partial charge in [-0.15, -0.1) is 5.10 Å². The zero-order valence-corrected chi connectivity index (χ0v) is 13.7. The molecule has 1 N–H and O–H groups in total. The monoisotopic (exact) mass is 316 g/mol. The van der Waals surface area contributed by atoms with Crippen LogP contribution in [-0.2, 0) is 11.8 Å². The average molecular weight is 316 g/mol. The van der Waals surface area contributed by atoms with Gasteiger partial charge < -0.3 is 9.88 Å². The van der Waals surface area contributed by atoms with Crippen LogP contribution in [0.3, 0.4) is 0 Å². The van der Waals surface area contributed by atoms with Crippen LogP contribution in [-0.4, -0.2) is 22.2 Å². The van der Waals surface area contributed by atoms with E-state index >= 15 is 0 Å². The number of thiazole rings is 1. The number of fused-ring (bicyclic) bond motifs is 1. The van der Waals surface area contributed by atoms with E-state index in [4.69, 9.17) is 0 Å². The van der Waals surface area contributed by atoms with Crippen LogP contribution in [0.1, 0.15) is 32.6 Å². The molecular weight excluding hydrogens is 296 g/mol. The number of carbonyl (C=O) groups excluding carboxylic acids is 1. The fraction of sp³-hybridized carbons (Fsp3) is 0.438. The summed E-state index contributed by atoms with van der Waals surface area (Å²) < 4.78 is 3.30. The van der Waals surface area contributed by atoms with E-state index in [2.05, 4.69) is 32.2 Å². The molecule has 1 aromatic carbocycles. The molecule has 5 nitrogen and oxygen atoms in total. The Balaban J connectivity index is 1.75. The lowest BCUT2D eigenvalue weighted by Gasteiger charge is -2.22. The van der Waals surface area contributed by atoms with E-state index in [9.17, 15) is 4.79 Å². The van der Waals surface area contributed by atoms with Crippen molar-refractivity contribution in [3.8, 4) is 0 Å². The van der Waals surface area contributed by atoms with Gasteiger partial charge in [0.2, 0.25) is 10.7 Å². The molecule has 0 spiro atoms. The molecule has 1 aromatic heterocycles. The first-order valence-corrected chi connectivity index (χ1v) is 8.36. The molecule has 0 saturated heterocycles. The predicted molar refractivity (Wildman–Crippen MR) is 89.9 cm³/mol. The summed E-state index contributed by atoms with van der Waals surface area (Å²) in [5.41, 5.74) is 2.31. The van der Waals surface area contributed by atoms with Gasteiger partial charge >= 0.3 is 0 Å². The first-order chi connectivity index (χ1) is 10.6. The van der Waals surface area contributed by atoms with E-state index in [0.717, 1.165) is 36.2 Å². The maximum absolute atomic E-state index is 11.1. The number of hydrogen-bond acceptors (Lipinski definition) is 4. The molecule has 1 fully saturated rings. The van der Waals surface area contributed by atoms with Crippen molar-refractivity contribution in [2.45, 2.75) is 38.6 Å². The first kappa shape index (κ1) is 15.0. The molecule has 3 rings (SSSR count). The van der Waals surface area contributed by atoms with E-state index in [-0.39, 0.29) is 11.9 Å². The Morgan fingerprint density at radius 2 is 2.00 bits per heavy atom. The second-order valence-corrected chi connectivity index (χ2v) is 6.66. The molecule has 22 heavy (non-hydrogen) atoms. The SMILES string of the molecule is CC(=O)NC1CCC(=N/N=c2/sc3ccccc3n2C)CC1. The second kappa shape index (κ2) is 6.44. The molecule has 2 aromatic rings. The summed E-state index contributed by atoms with van der Waals surface area (Å²) in [7, 11) is 2.02. The number of aryl methyl sites for hydroxylation is 1. The summed E-state index contributed by atoms with van der Waals surface area (Å²) >= 11 is 1.65. The largest absolute Gasteiger partial charge is 0.354 e. The predicted octanol–water partition coefficient (Wildman–Crippen LogP) is 2.58. The van der Waals surface area contributed by atoms with Crippen molar-refractivity contribution in [2.24, 2.45) is 17.3 Å². The van der Waals surface area contributed by atoms with Crippen LogP contribution in [0.4, 0.5) is 0 Å². The van der Waals surface area contributed by atoms with Crippen LogP contribution in [0.25, 0.3) is 10.2 Å².